The summed E-state index contributed by atoms with van der Waals surface area (Å²) < 4.78 is 9.97. The van der Waals surface area contributed by atoms with Crippen LogP contribution in [-0.4, -0.2) is 61.8 Å². The van der Waals surface area contributed by atoms with Crippen molar-refractivity contribution in [3.05, 3.63) is 11.3 Å². The predicted molar refractivity (Wildman–Crippen MR) is 83.5 cm³/mol. The van der Waals surface area contributed by atoms with Gasteiger partial charge in [0.1, 0.15) is 0 Å². The first-order valence-corrected chi connectivity index (χ1v) is 7.72. The van der Waals surface area contributed by atoms with E-state index in [4.69, 9.17) is 9.47 Å². The number of hydrogen-bond acceptors (Lipinski definition) is 6. The van der Waals surface area contributed by atoms with Gasteiger partial charge in [-0.15, -0.1) is 0 Å². The molecule has 0 saturated carbocycles. The molecule has 0 aromatic rings. The molecular formula is C15H25N3O5. The summed E-state index contributed by atoms with van der Waals surface area (Å²) in [5.41, 5.74) is 0.811. The van der Waals surface area contributed by atoms with E-state index in [2.05, 4.69) is 10.6 Å². The SMILES string of the molecule is CCOC(=O)CN(CC1=C(C(=O)OCC)CNC(=O)N1)C(C)C. The molecule has 0 radical (unpaired) electrons. The monoisotopic (exact) mass is 327 g/mol. The fourth-order valence-electron chi connectivity index (χ4n) is 2.08. The quantitative estimate of drug-likeness (QED) is 0.626. The third-order valence-electron chi connectivity index (χ3n) is 3.31. The van der Waals surface area contributed by atoms with Gasteiger partial charge in [0.15, 0.2) is 0 Å². The summed E-state index contributed by atoms with van der Waals surface area (Å²) in [6.45, 7) is 8.29. The van der Waals surface area contributed by atoms with Crippen molar-refractivity contribution in [1.82, 2.24) is 15.5 Å². The normalized spacial score (nSPS) is 14.6. The number of hydrogen-bond donors (Lipinski definition) is 2. The van der Waals surface area contributed by atoms with Gasteiger partial charge in [-0.2, -0.15) is 0 Å². The lowest BCUT2D eigenvalue weighted by Gasteiger charge is -2.29. The van der Waals surface area contributed by atoms with Crippen molar-refractivity contribution in [2.24, 2.45) is 0 Å². The number of ether oxygens (including phenoxy) is 2. The van der Waals surface area contributed by atoms with E-state index in [0.717, 1.165) is 0 Å². The zero-order valence-electron chi connectivity index (χ0n) is 14.1. The summed E-state index contributed by atoms with van der Waals surface area (Å²) >= 11 is 0. The van der Waals surface area contributed by atoms with Crippen molar-refractivity contribution in [2.75, 3.05) is 32.8 Å². The predicted octanol–water partition coefficient (Wildman–Crippen LogP) is 0.390. The van der Waals surface area contributed by atoms with Crippen LogP contribution in [0.15, 0.2) is 11.3 Å². The molecule has 0 aromatic carbocycles. The Morgan fingerprint density at radius 1 is 1.22 bits per heavy atom. The number of amides is 2. The fourth-order valence-corrected chi connectivity index (χ4v) is 2.08. The molecule has 0 bridgehead atoms. The molecule has 2 N–H and O–H groups in total. The van der Waals surface area contributed by atoms with Gasteiger partial charge in [-0.05, 0) is 27.7 Å². The van der Waals surface area contributed by atoms with Crippen LogP contribution in [0, 0.1) is 0 Å². The Bertz CT molecular complexity index is 488. The molecular weight excluding hydrogens is 302 g/mol. The van der Waals surface area contributed by atoms with Crippen molar-refractivity contribution in [2.45, 2.75) is 33.7 Å². The maximum absolute atomic E-state index is 12.0. The Kier molecular flexibility index (Phi) is 7.53. The maximum Gasteiger partial charge on any atom is 0.337 e. The van der Waals surface area contributed by atoms with Gasteiger partial charge in [0.2, 0.25) is 0 Å². The Labute approximate surface area is 136 Å². The minimum Gasteiger partial charge on any atom is -0.465 e. The van der Waals surface area contributed by atoms with Gasteiger partial charge in [-0.1, -0.05) is 0 Å². The second-order valence-corrected chi connectivity index (χ2v) is 5.29. The summed E-state index contributed by atoms with van der Waals surface area (Å²) in [6.07, 6.45) is 0. The minimum atomic E-state index is -0.477. The average Bonchev–Trinajstić information content (AvgIpc) is 2.47. The number of carbonyl (C=O) groups is 3. The average molecular weight is 327 g/mol. The summed E-state index contributed by atoms with van der Waals surface area (Å²) in [7, 11) is 0. The maximum atomic E-state index is 12.0. The van der Waals surface area contributed by atoms with Gasteiger partial charge in [0.25, 0.3) is 0 Å². The lowest BCUT2D eigenvalue weighted by atomic mass is 10.1. The Morgan fingerprint density at radius 3 is 2.43 bits per heavy atom. The van der Waals surface area contributed by atoms with Crippen molar-refractivity contribution in [3.8, 4) is 0 Å². The van der Waals surface area contributed by atoms with Crippen molar-refractivity contribution in [3.63, 3.8) is 0 Å². The van der Waals surface area contributed by atoms with E-state index < -0.39 is 5.97 Å². The first-order chi connectivity index (χ1) is 10.9. The molecule has 0 spiro atoms. The van der Waals surface area contributed by atoms with Crippen molar-refractivity contribution < 1.29 is 23.9 Å². The third kappa shape index (κ3) is 5.90. The summed E-state index contributed by atoms with van der Waals surface area (Å²) in [5.74, 6) is -0.824. The second kappa shape index (κ2) is 9.14. The highest BCUT2D eigenvalue weighted by molar-refractivity contribution is 5.93. The third-order valence-corrected chi connectivity index (χ3v) is 3.31. The van der Waals surface area contributed by atoms with Crippen LogP contribution in [0.25, 0.3) is 0 Å². The van der Waals surface area contributed by atoms with Gasteiger partial charge in [0, 0.05) is 18.3 Å². The number of nitrogens with zero attached hydrogens (tertiary/aromatic N) is 1. The Hall–Kier alpha value is -2.09. The van der Waals surface area contributed by atoms with Crippen LogP contribution in [0.1, 0.15) is 27.7 Å². The molecule has 0 atom stereocenters. The number of rotatable bonds is 8. The van der Waals surface area contributed by atoms with E-state index in [1.165, 1.54) is 0 Å². The first kappa shape index (κ1) is 19.0. The molecule has 1 heterocycles. The highest BCUT2D eigenvalue weighted by atomic mass is 16.5. The smallest absolute Gasteiger partial charge is 0.337 e. The molecule has 0 unspecified atom stereocenters. The minimum absolute atomic E-state index is 0.0298. The van der Waals surface area contributed by atoms with Gasteiger partial charge in [-0.3, -0.25) is 9.69 Å². The molecule has 130 valence electrons. The van der Waals surface area contributed by atoms with Crippen molar-refractivity contribution >= 4 is 18.0 Å². The largest absolute Gasteiger partial charge is 0.465 e. The van der Waals surface area contributed by atoms with Crippen LogP contribution < -0.4 is 10.6 Å². The van der Waals surface area contributed by atoms with E-state index in [0.29, 0.717) is 17.9 Å². The van der Waals surface area contributed by atoms with E-state index in [1.54, 1.807) is 13.8 Å². The summed E-state index contributed by atoms with van der Waals surface area (Å²) in [6, 6.07) is -0.352. The second-order valence-electron chi connectivity index (χ2n) is 5.29. The lowest BCUT2D eigenvalue weighted by molar-refractivity contribution is -0.144. The van der Waals surface area contributed by atoms with Crippen LogP contribution in [0.5, 0.6) is 0 Å². The van der Waals surface area contributed by atoms with E-state index in [-0.39, 0.29) is 44.3 Å². The molecule has 0 fully saturated rings. The van der Waals surface area contributed by atoms with Crippen LogP contribution in [0.2, 0.25) is 0 Å². The zero-order chi connectivity index (χ0) is 17.4. The first-order valence-electron chi connectivity index (χ1n) is 7.72. The highest BCUT2D eigenvalue weighted by Crippen LogP contribution is 2.12. The van der Waals surface area contributed by atoms with Gasteiger partial charge >= 0.3 is 18.0 Å². The summed E-state index contributed by atoms with van der Waals surface area (Å²) in [5, 5.41) is 5.18. The standard InChI is InChI=1S/C15H25N3O5/c1-5-22-13(19)9-18(10(3)4)8-12-11(14(20)23-6-2)7-16-15(21)17-12/h10H,5-9H2,1-4H3,(H2,16,17,21). The molecule has 2 amide bonds. The van der Waals surface area contributed by atoms with Gasteiger partial charge in [-0.25, -0.2) is 9.59 Å². The van der Waals surface area contributed by atoms with Crippen LogP contribution in [-0.2, 0) is 19.1 Å². The van der Waals surface area contributed by atoms with Gasteiger partial charge < -0.3 is 20.1 Å². The van der Waals surface area contributed by atoms with E-state index in [9.17, 15) is 14.4 Å². The van der Waals surface area contributed by atoms with Crippen molar-refractivity contribution in [1.29, 1.82) is 0 Å². The molecule has 0 aromatic heterocycles. The fraction of sp³-hybridized carbons (Fsp3) is 0.667. The Morgan fingerprint density at radius 2 is 1.87 bits per heavy atom. The lowest BCUT2D eigenvalue weighted by Crippen LogP contribution is -2.48. The van der Waals surface area contributed by atoms with Crippen LogP contribution in [0.4, 0.5) is 4.79 Å². The van der Waals surface area contributed by atoms with Crippen LogP contribution >= 0.6 is 0 Å². The number of esters is 2. The topological polar surface area (TPSA) is 97.0 Å². The number of nitrogens with one attached hydrogen (secondary N) is 2. The molecule has 0 aliphatic carbocycles. The Balaban J connectivity index is 2.93. The molecule has 1 aliphatic rings. The summed E-state index contributed by atoms with van der Waals surface area (Å²) in [4.78, 5) is 37.1. The van der Waals surface area contributed by atoms with E-state index >= 15 is 0 Å². The molecule has 1 aliphatic heterocycles. The molecule has 8 heteroatoms. The van der Waals surface area contributed by atoms with E-state index in [1.807, 2.05) is 18.7 Å². The highest BCUT2D eigenvalue weighted by Gasteiger charge is 2.26. The zero-order valence-corrected chi connectivity index (χ0v) is 14.1. The van der Waals surface area contributed by atoms with Crippen LogP contribution in [0.3, 0.4) is 0 Å². The molecule has 8 nitrogen and oxygen atoms in total. The molecule has 1 rings (SSSR count). The van der Waals surface area contributed by atoms with Gasteiger partial charge in [0.05, 0.1) is 31.9 Å². The molecule has 23 heavy (non-hydrogen) atoms. The number of urea groups is 1. The number of carbonyl (C=O) groups excluding carboxylic acids is 3. The molecule has 0 saturated heterocycles.